The molecule has 0 bridgehead atoms. The minimum Gasteiger partial charge on any atom is -0.408 e. The van der Waals surface area contributed by atoms with Crippen molar-refractivity contribution in [3.8, 4) is 0 Å². The van der Waals surface area contributed by atoms with Crippen molar-refractivity contribution in [2.75, 3.05) is 19.6 Å². The van der Waals surface area contributed by atoms with Crippen LogP contribution in [0.15, 0.2) is 62.6 Å². The topological polar surface area (TPSA) is 92.8 Å². The highest BCUT2D eigenvalue weighted by Crippen LogP contribution is 2.27. The highest BCUT2D eigenvalue weighted by Gasteiger charge is 2.35. The van der Waals surface area contributed by atoms with Crippen LogP contribution in [-0.2, 0) is 28.4 Å². The van der Waals surface area contributed by atoms with Crippen LogP contribution in [0.2, 0.25) is 0 Å². The normalized spacial score (nSPS) is 17.5. The summed E-state index contributed by atoms with van der Waals surface area (Å²) in [6.45, 7) is 3.49. The minimum atomic E-state index is -3.82. The Morgan fingerprint density at radius 2 is 1.94 bits per heavy atom. The summed E-state index contributed by atoms with van der Waals surface area (Å²) in [6, 6.07) is 14.2. The Balaban J connectivity index is 1.53. The summed E-state index contributed by atoms with van der Waals surface area (Å²) in [7, 11) is -2.26. The zero-order chi connectivity index (χ0) is 22.9. The average Bonchev–Trinajstić information content (AvgIpc) is 3.10. The van der Waals surface area contributed by atoms with Crippen LogP contribution in [0.4, 0.5) is 0 Å². The van der Waals surface area contributed by atoms with Crippen molar-refractivity contribution in [1.82, 2.24) is 13.8 Å². The molecule has 1 saturated heterocycles. The van der Waals surface area contributed by atoms with Gasteiger partial charge in [-0.05, 0) is 37.5 Å². The maximum atomic E-state index is 13.3. The molecular formula is C23H27N3O5S. The van der Waals surface area contributed by atoms with Crippen LogP contribution in [0.1, 0.15) is 25.3 Å². The molecule has 0 aliphatic carbocycles. The summed E-state index contributed by atoms with van der Waals surface area (Å²) in [5.74, 6) is -0.961. The quantitative estimate of drug-likeness (QED) is 0.567. The van der Waals surface area contributed by atoms with Gasteiger partial charge in [0, 0.05) is 39.3 Å². The Labute approximate surface area is 187 Å². The first-order valence-electron chi connectivity index (χ1n) is 10.7. The maximum absolute atomic E-state index is 13.3. The Morgan fingerprint density at radius 3 is 2.66 bits per heavy atom. The summed E-state index contributed by atoms with van der Waals surface area (Å²) in [4.78, 5) is 26.8. The lowest BCUT2D eigenvalue weighted by Crippen LogP contribution is -2.46. The molecule has 3 aromatic rings. The summed E-state index contributed by atoms with van der Waals surface area (Å²) < 4.78 is 34.4. The Kier molecular flexibility index (Phi) is 6.21. The van der Waals surface area contributed by atoms with Gasteiger partial charge in [0.2, 0.25) is 15.9 Å². The van der Waals surface area contributed by atoms with Crippen LogP contribution < -0.4 is 5.76 Å². The van der Waals surface area contributed by atoms with Crippen LogP contribution in [0.25, 0.3) is 11.1 Å². The SMILES string of the molecule is CCN(Cc1ccccc1)C(=O)[C@@H]1CCCN(S(=O)(=O)c2ccc3c(c2)oc(=O)n3C)C1. The molecule has 2 aromatic carbocycles. The second-order valence-electron chi connectivity index (χ2n) is 8.10. The zero-order valence-corrected chi connectivity index (χ0v) is 19.0. The number of carbonyl (C=O) groups excluding carboxylic acids is 1. The lowest BCUT2D eigenvalue weighted by Gasteiger charge is -2.34. The molecule has 1 aliphatic heterocycles. The van der Waals surface area contributed by atoms with Crippen LogP contribution in [0.3, 0.4) is 0 Å². The Bertz CT molecular complexity index is 1280. The summed E-state index contributed by atoms with van der Waals surface area (Å²) in [6.07, 6.45) is 1.27. The van der Waals surface area contributed by atoms with E-state index in [1.165, 1.54) is 21.0 Å². The van der Waals surface area contributed by atoms with Gasteiger partial charge in [0.15, 0.2) is 5.58 Å². The van der Waals surface area contributed by atoms with Gasteiger partial charge in [-0.25, -0.2) is 13.2 Å². The minimum absolute atomic E-state index is 0.0271. The van der Waals surface area contributed by atoms with Gasteiger partial charge in [-0.3, -0.25) is 9.36 Å². The molecule has 1 aromatic heterocycles. The fourth-order valence-electron chi connectivity index (χ4n) is 4.19. The fraction of sp³-hybridized carbons (Fsp3) is 0.391. The van der Waals surface area contributed by atoms with E-state index < -0.39 is 15.8 Å². The van der Waals surface area contributed by atoms with E-state index in [9.17, 15) is 18.0 Å². The number of sulfonamides is 1. The monoisotopic (exact) mass is 457 g/mol. The molecule has 1 amide bonds. The van der Waals surface area contributed by atoms with E-state index in [4.69, 9.17) is 4.42 Å². The third-order valence-corrected chi connectivity index (χ3v) is 7.91. The number of piperidine rings is 1. The molecule has 0 unspecified atom stereocenters. The molecule has 4 rings (SSSR count). The van der Waals surface area contributed by atoms with E-state index in [1.54, 1.807) is 18.0 Å². The predicted octanol–water partition coefficient (Wildman–Crippen LogP) is 2.58. The van der Waals surface area contributed by atoms with Crippen molar-refractivity contribution >= 4 is 27.0 Å². The van der Waals surface area contributed by atoms with Gasteiger partial charge in [-0.1, -0.05) is 30.3 Å². The number of aromatic nitrogens is 1. The van der Waals surface area contributed by atoms with E-state index in [0.29, 0.717) is 38.0 Å². The van der Waals surface area contributed by atoms with Gasteiger partial charge in [-0.15, -0.1) is 0 Å². The number of nitrogens with zero attached hydrogens (tertiary/aromatic N) is 3. The number of hydrogen-bond donors (Lipinski definition) is 0. The number of aryl methyl sites for hydroxylation is 1. The molecule has 0 N–H and O–H groups in total. The number of benzene rings is 2. The van der Waals surface area contributed by atoms with Crippen molar-refractivity contribution < 1.29 is 17.6 Å². The number of hydrogen-bond acceptors (Lipinski definition) is 5. The van der Waals surface area contributed by atoms with Gasteiger partial charge < -0.3 is 9.32 Å². The molecule has 170 valence electrons. The molecule has 0 saturated carbocycles. The molecule has 2 heterocycles. The third kappa shape index (κ3) is 4.22. The van der Waals surface area contributed by atoms with Gasteiger partial charge in [0.05, 0.1) is 16.3 Å². The average molecular weight is 458 g/mol. The largest absolute Gasteiger partial charge is 0.419 e. The van der Waals surface area contributed by atoms with E-state index in [2.05, 4.69) is 0 Å². The van der Waals surface area contributed by atoms with Crippen LogP contribution in [0.5, 0.6) is 0 Å². The Hall–Kier alpha value is -2.91. The summed E-state index contributed by atoms with van der Waals surface area (Å²) >= 11 is 0. The van der Waals surface area contributed by atoms with E-state index in [1.807, 2.05) is 37.3 Å². The van der Waals surface area contributed by atoms with Gasteiger partial charge >= 0.3 is 5.76 Å². The predicted molar refractivity (Wildman–Crippen MR) is 120 cm³/mol. The first-order valence-corrected chi connectivity index (χ1v) is 12.2. The van der Waals surface area contributed by atoms with E-state index >= 15 is 0 Å². The lowest BCUT2D eigenvalue weighted by atomic mass is 9.98. The van der Waals surface area contributed by atoms with Crippen molar-refractivity contribution in [2.24, 2.45) is 13.0 Å². The highest BCUT2D eigenvalue weighted by atomic mass is 32.2. The van der Waals surface area contributed by atoms with Gasteiger partial charge in [0.1, 0.15) is 0 Å². The highest BCUT2D eigenvalue weighted by molar-refractivity contribution is 7.89. The maximum Gasteiger partial charge on any atom is 0.419 e. The molecule has 1 aliphatic rings. The second kappa shape index (κ2) is 8.91. The molecular weight excluding hydrogens is 430 g/mol. The molecule has 8 nitrogen and oxygen atoms in total. The number of amides is 1. The third-order valence-electron chi connectivity index (χ3n) is 6.04. The van der Waals surface area contributed by atoms with Crippen molar-refractivity contribution in [1.29, 1.82) is 0 Å². The molecule has 0 spiro atoms. The fourth-order valence-corrected chi connectivity index (χ4v) is 5.73. The summed E-state index contributed by atoms with van der Waals surface area (Å²) in [5.41, 5.74) is 1.80. The van der Waals surface area contributed by atoms with E-state index in [-0.39, 0.29) is 28.8 Å². The van der Waals surface area contributed by atoms with Gasteiger partial charge in [0.25, 0.3) is 0 Å². The first-order chi connectivity index (χ1) is 15.3. The molecule has 1 atom stereocenters. The second-order valence-corrected chi connectivity index (χ2v) is 10.0. The number of fused-ring (bicyclic) bond motifs is 1. The standard InChI is InChI=1S/C23H27N3O5S/c1-3-25(15-17-8-5-4-6-9-17)22(27)18-10-7-13-26(16-18)32(29,30)19-11-12-20-21(14-19)31-23(28)24(20)2/h4-6,8-9,11-12,14,18H,3,7,10,13,15-16H2,1-2H3/t18-/m1/s1. The molecule has 0 radical (unpaired) electrons. The van der Waals surface area contributed by atoms with Crippen molar-refractivity contribution in [3.05, 3.63) is 64.6 Å². The number of carbonyl (C=O) groups is 1. The first kappa shape index (κ1) is 22.3. The number of oxazole rings is 1. The zero-order valence-electron chi connectivity index (χ0n) is 18.2. The smallest absolute Gasteiger partial charge is 0.408 e. The molecule has 32 heavy (non-hydrogen) atoms. The summed E-state index contributed by atoms with van der Waals surface area (Å²) in [5, 5.41) is 0. The lowest BCUT2D eigenvalue weighted by molar-refractivity contribution is -0.137. The van der Waals surface area contributed by atoms with Crippen LogP contribution in [0, 0.1) is 5.92 Å². The van der Waals surface area contributed by atoms with Crippen molar-refractivity contribution in [2.45, 2.75) is 31.2 Å². The van der Waals surface area contributed by atoms with Crippen LogP contribution >= 0.6 is 0 Å². The number of rotatable bonds is 6. The Morgan fingerprint density at radius 1 is 1.19 bits per heavy atom. The van der Waals surface area contributed by atoms with Crippen LogP contribution in [-0.4, -0.2) is 47.7 Å². The van der Waals surface area contributed by atoms with Gasteiger partial charge in [-0.2, -0.15) is 4.31 Å². The van der Waals surface area contributed by atoms with Crippen molar-refractivity contribution in [3.63, 3.8) is 0 Å². The van der Waals surface area contributed by atoms with E-state index in [0.717, 1.165) is 5.56 Å². The molecule has 1 fully saturated rings. The molecule has 9 heteroatoms.